The zero-order chi connectivity index (χ0) is 23.8. The zero-order valence-corrected chi connectivity index (χ0v) is 18.4. The molecule has 0 fully saturated rings. The van der Waals surface area contributed by atoms with Crippen molar-refractivity contribution < 1.29 is 23.8 Å². The normalized spacial score (nSPS) is 11.7. The van der Waals surface area contributed by atoms with Crippen molar-refractivity contribution in [3.63, 3.8) is 0 Å². The number of rotatable bonds is 9. The second-order valence-electron chi connectivity index (χ2n) is 7.75. The maximum atomic E-state index is 13.0. The Morgan fingerprint density at radius 3 is 2.21 bits per heavy atom. The molecule has 3 rings (SSSR count). The highest BCUT2D eigenvalue weighted by Gasteiger charge is 2.21. The van der Waals surface area contributed by atoms with Gasteiger partial charge >= 0.3 is 6.03 Å². The summed E-state index contributed by atoms with van der Waals surface area (Å²) in [6.07, 6.45) is -0.0349. The number of nitrogens with zero attached hydrogens (tertiary/aromatic N) is 1. The van der Waals surface area contributed by atoms with Gasteiger partial charge in [0.1, 0.15) is 23.4 Å². The summed E-state index contributed by atoms with van der Waals surface area (Å²) in [6, 6.07) is 16.7. The molecule has 8 heteroatoms. The number of Topliss-reactive ketones (excluding diaryl/α,β-unsaturated/α-hetero) is 1. The second kappa shape index (κ2) is 11.2. The van der Waals surface area contributed by atoms with Gasteiger partial charge in [-0.3, -0.25) is 9.78 Å². The number of nitrogens with one attached hydrogen (secondary N) is 2. The highest BCUT2D eigenvalue weighted by atomic mass is 19.1. The number of pyridine rings is 1. The summed E-state index contributed by atoms with van der Waals surface area (Å²) in [5.41, 5.74) is 2.01. The quantitative estimate of drug-likeness (QED) is 0.459. The fourth-order valence-electron chi connectivity index (χ4n) is 3.06. The Bertz CT molecular complexity index is 1090. The van der Waals surface area contributed by atoms with Gasteiger partial charge in [0.05, 0.1) is 18.7 Å². The molecule has 2 aromatic carbocycles. The van der Waals surface area contributed by atoms with Gasteiger partial charge in [-0.25, -0.2) is 9.18 Å². The van der Waals surface area contributed by atoms with E-state index in [2.05, 4.69) is 15.6 Å². The number of aliphatic hydroxyl groups excluding tert-OH is 1. The molecule has 0 unspecified atom stereocenters. The van der Waals surface area contributed by atoms with Gasteiger partial charge in [-0.05, 0) is 74.5 Å². The number of urea groups is 1. The molecule has 33 heavy (non-hydrogen) atoms. The lowest BCUT2D eigenvalue weighted by Crippen LogP contribution is -2.49. The van der Waals surface area contributed by atoms with Crippen molar-refractivity contribution >= 4 is 11.8 Å². The summed E-state index contributed by atoms with van der Waals surface area (Å²) >= 11 is 0. The Balaban J connectivity index is 1.65. The van der Waals surface area contributed by atoms with Crippen LogP contribution in [0.3, 0.4) is 0 Å². The van der Waals surface area contributed by atoms with E-state index in [1.165, 1.54) is 12.1 Å². The van der Waals surface area contributed by atoms with Crippen molar-refractivity contribution in [3.8, 4) is 22.8 Å². The lowest BCUT2D eigenvalue weighted by molar-refractivity contribution is -0.121. The lowest BCUT2D eigenvalue weighted by Gasteiger charge is -2.17. The molecule has 172 valence electrons. The van der Waals surface area contributed by atoms with Crippen LogP contribution in [0, 0.1) is 5.82 Å². The van der Waals surface area contributed by atoms with E-state index >= 15 is 0 Å². The standard InChI is InChI=1S/C25H26FN3O4/c1-16(2)27-25(32)29-23(15-30)24(31)14-19-4-3-5-22(28-19)17-6-10-20(11-7-17)33-21-12-8-18(26)9-13-21/h3-13,16,23,30H,14-15H2,1-2H3,(H2,27,29,32)/t23-/m0/s1. The van der Waals surface area contributed by atoms with Crippen molar-refractivity contribution in [2.45, 2.75) is 32.4 Å². The number of ether oxygens (including phenoxy) is 1. The minimum absolute atomic E-state index is 0.0349. The molecule has 0 spiro atoms. The monoisotopic (exact) mass is 451 g/mol. The van der Waals surface area contributed by atoms with E-state index in [1.807, 2.05) is 18.2 Å². The molecule has 0 aliphatic carbocycles. The first kappa shape index (κ1) is 23.9. The van der Waals surface area contributed by atoms with Gasteiger partial charge in [0.25, 0.3) is 0 Å². The van der Waals surface area contributed by atoms with Crippen molar-refractivity contribution in [1.29, 1.82) is 0 Å². The molecule has 0 radical (unpaired) electrons. The number of halogens is 1. The largest absolute Gasteiger partial charge is 0.457 e. The van der Waals surface area contributed by atoms with Crippen LogP contribution in [-0.4, -0.2) is 40.6 Å². The molecular weight excluding hydrogens is 425 g/mol. The number of hydrogen-bond acceptors (Lipinski definition) is 5. The smallest absolute Gasteiger partial charge is 0.315 e. The van der Waals surface area contributed by atoms with Gasteiger partial charge in [-0.15, -0.1) is 0 Å². The number of aliphatic hydroxyl groups is 1. The SMILES string of the molecule is CC(C)NC(=O)N[C@@H](CO)C(=O)Cc1cccc(-c2ccc(Oc3ccc(F)cc3)cc2)n1. The molecule has 1 atom stereocenters. The van der Waals surface area contributed by atoms with Crippen molar-refractivity contribution in [1.82, 2.24) is 15.6 Å². The van der Waals surface area contributed by atoms with E-state index in [1.54, 1.807) is 50.2 Å². The Hall–Kier alpha value is -3.78. The van der Waals surface area contributed by atoms with E-state index in [0.29, 0.717) is 22.9 Å². The molecule has 2 amide bonds. The van der Waals surface area contributed by atoms with Crippen LogP contribution in [0.2, 0.25) is 0 Å². The molecule has 0 aliphatic heterocycles. The molecular formula is C25H26FN3O4. The first-order valence-corrected chi connectivity index (χ1v) is 10.5. The highest BCUT2D eigenvalue weighted by molar-refractivity contribution is 5.90. The van der Waals surface area contributed by atoms with Crippen molar-refractivity contribution in [2.24, 2.45) is 0 Å². The van der Waals surface area contributed by atoms with Crippen LogP contribution in [0.5, 0.6) is 11.5 Å². The average Bonchev–Trinajstić information content (AvgIpc) is 2.79. The fraction of sp³-hybridized carbons (Fsp3) is 0.240. The van der Waals surface area contributed by atoms with Gasteiger partial charge in [0.15, 0.2) is 5.78 Å². The summed E-state index contributed by atoms with van der Waals surface area (Å²) in [4.78, 5) is 29.0. The van der Waals surface area contributed by atoms with E-state index in [0.717, 1.165) is 5.56 Å². The Morgan fingerprint density at radius 2 is 1.61 bits per heavy atom. The van der Waals surface area contributed by atoms with Gasteiger partial charge in [0.2, 0.25) is 0 Å². The lowest BCUT2D eigenvalue weighted by atomic mass is 10.1. The molecule has 1 heterocycles. The fourth-order valence-corrected chi connectivity index (χ4v) is 3.06. The predicted molar refractivity (Wildman–Crippen MR) is 123 cm³/mol. The van der Waals surface area contributed by atoms with E-state index in [-0.39, 0.29) is 24.1 Å². The van der Waals surface area contributed by atoms with E-state index in [9.17, 15) is 19.1 Å². The Labute approximate surface area is 191 Å². The molecule has 3 aromatic rings. The van der Waals surface area contributed by atoms with Gasteiger partial charge < -0.3 is 20.5 Å². The van der Waals surface area contributed by atoms with Crippen LogP contribution >= 0.6 is 0 Å². The third-order valence-electron chi connectivity index (χ3n) is 4.66. The van der Waals surface area contributed by atoms with E-state index in [4.69, 9.17) is 4.74 Å². The van der Waals surface area contributed by atoms with Gasteiger partial charge in [-0.1, -0.05) is 6.07 Å². The number of benzene rings is 2. The number of amides is 2. The zero-order valence-electron chi connectivity index (χ0n) is 18.4. The first-order valence-electron chi connectivity index (χ1n) is 10.5. The second-order valence-corrected chi connectivity index (χ2v) is 7.75. The molecule has 0 saturated carbocycles. The number of hydrogen-bond donors (Lipinski definition) is 3. The molecule has 0 aliphatic rings. The Kier molecular flexibility index (Phi) is 8.10. The average molecular weight is 451 g/mol. The van der Waals surface area contributed by atoms with Gasteiger partial charge in [0, 0.05) is 17.3 Å². The molecule has 3 N–H and O–H groups in total. The van der Waals surface area contributed by atoms with Crippen molar-refractivity contribution in [2.75, 3.05) is 6.61 Å². The van der Waals surface area contributed by atoms with Crippen LogP contribution in [0.4, 0.5) is 9.18 Å². The van der Waals surface area contributed by atoms with Crippen LogP contribution in [0.1, 0.15) is 19.5 Å². The molecule has 1 aromatic heterocycles. The molecule has 0 saturated heterocycles. The van der Waals surface area contributed by atoms with Crippen molar-refractivity contribution in [3.05, 3.63) is 78.2 Å². The van der Waals surface area contributed by atoms with E-state index < -0.39 is 18.7 Å². The summed E-state index contributed by atoms with van der Waals surface area (Å²) in [5.74, 6) is 0.441. The summed E-state index contributed by atoms with van der Waals surface area (Å²) in [5, 5.41) is 14.6. The Morgan fingerprint density at radius 1 is 0.970 bits per heavy atom. The third kappa shape index (κ3) is 7.11. The third-order valence-corrected chi connectivity index (χ3v) is 4.66. The maximum absolute atomic E-state index is 13.0. The van der Waals surface area contributed by atoms with Crippen LogP contribution in [-0.2, 0) is 11.2 Å². The molecule has 0 bridgehead atoms. The number of aromatic nitrogens is 1. The summed E-state index contributed by atoms with van der Waals surface area (Å²) < 4.78 is 18.7. The summed E-state index contributed by atoms with van der Waals surface area (Å²) in [7, 11) is 0. The predicted octanol–water partition coefficient (Wildman–Crippen LogP) is 3.86. The van der Waals surface area contributed by atoms with Gasteiger partial charge in [-0.2, -0.15) is 0 Å². The maximum Gasteiger partial charge on any atom is 0.315 e. The summed E-state index contributed by atoms with van der Waals surface area (Å²) in [6.45, 7) is 3.10. The minimum atomic E-state index is -1.02. The highest BCUT2D eigenvalue weighted by Crippen LogP contribution is 2.25. The molecule has 7 nitrogen and oxygen atoms in total. The number of carbonyl (C=O) groups excluding carboxylic acids is 2. The topological polar surface area (TPSA) is 101 Å². The number of ketones is 1. The minimum Gasteiger partial charge on any atom is -0.457 e. The van der Waals surface area contributed by atoms with Crippen LogP contribution in [0.15, 0.2) is 66.7 Å². The number of carbonyl (C=O) groups is 2. The van der Waals surface area contributed by atoms with Crippen LogP contribution in [0.25, 0.3) is 11.3 Å². The first-order chi connectivity index (χ1) is 15.8. The van der Waals surface area contributed by atoms with Crippen LogP contribution < -0.4 is 15.4 Å².